The Morgan fingerprint density at radius 1 is 1.18 bits per heavy atom. The highest BCUT2D eigenvalue weighted by molar-refractivity contribution is 5.86. The van der Waals surface area contributed by atoms with Crippen LogP contribution in [0.1, 0.15) is 21.5 Å². The molecular weight excluding hydrogens is 303 g/mol. The summed E-state index contributed by atoms with van der Waals surface area (Å²) in [4.78, 5) is 27.6. The lowest BCUT2D eigenvalue weighted by Crippen LogP contribution is -2.30. The van der Waals surface area contributed by atoms with Gasteiger partial charge in [-0.05, 0) is 29.8 Å². The molecule has 1 aromatic carbocycles. The number of carboxylic acid groups (broad SMARTS) is 1. The topological polar surface area (TPSA) is 68.5 Å². The lowest BCUT2D eigenvalue weighted by molar-refractivity contribution is -0.137. The molecule has 1 aromatic heterocycles. The normalized spacial score (nSPS) is 11.2. The van der Waals surface area contributed by atoms with E-state index in [0.29, 0.717) is 5.56 Å². The number of carbonyl (C=O) groups is 1. The summed E-state index contributed by atoms with van der Waals surface area (Å²) in [7, 11) is 0. The number of hydrogen-bond donors (Lipinski definition) is 1. The summed E-state index contributed by atoms with van der Waals surface area (Å²) in [5.74, 6) is -1.39. The Morgan fingerprint density at radius 3 is 2.36 bits per heavy atom. The maximum absolute atomic E-state index is 12.4. The summed E-state index contributed by atoms with van der Waals surface area (Å²) in [6, 6.07) is 6.67. The maximum atomic E-state index is 12.4. The number of halogens is 3. The molecule has 5 nitrogen and oxygen atoms in total. The predicted octanol–water partition coefficient (Wildman–Crippen LogP) is 2.19. The Bertz CT molecular complexity index is 735. The largest absolute Gasteiger partial charge is 0.477 e. The van der Waals surface area contributed by atoms with Crippen molar-refractivity contribution in [2.24, 2.45) is 0 Å². The Morgan fingerprint density at radius 2 is 1.82 bits per heavy atom. The molecule has 0 radical (unpaired) electrons. The molecule has 8 heteroatoms. The lowest BCUT2D eigenvalue weighted by Gasteiger charge is -2.10. The fourth-order valence-electron chi connectivity index (χ4n) is 1.67. The van der Waals surface area contributed by atoms with Gasteiger partial charge in [-0.2, -0.15) is 17.9 Å². The van der Waals surface area contributed by atoms with Crippen LogP contribution in [0.2, 0.25) is 0 Å². The summed E-state index contributed by atoms with van der Waals surface area (Å²) in [5, 5.41) is 8.81. The van der Waals surface area contributed by atoms with E-state index < -0.39 is 28.8 Å². The Hall–Kier alpha value is -2.77. The molecule has 0 amide bonds. The summed E-state index contributed by atoms with van der Waals surface area (Å²) in [6.45, 7) is -0.179. The van der Waals surface area contributed by atoms with E-state index in [-0.39, 0.29) is 6.61 Å². The highest BCUT2D eigenvalue weighted by atomic mass is 19.4. The quantitative estimate of drug-likeness (QED) is 0.939. The number of alkyl halides is 3. The molecule has 0 bridgehead atoms. The van der Waals surface area contributed by atoms with E-state index in [1.54, 1.807) is 0 Å². The van der Waals surface area contributed by atoms with Crippen LogP contribution in [-0.2, 0) is 12.8 Å². The van der Waals surface area contributed by atoms with Crippen molar-refractivity contribution in [2.45, 2.75) is 12.8 Å². The van der Waals surface area contributed by atoms with Crippen molar-refractivity contribution in [1.82, 2.24) is 4.73 Å². The molecule has 116 valence electrons. The number of rotatable bonds is 4. The smallest absolute Gasteiger partial charge is 0.416 e. The second-order valence-electron chi connectivity index (χ2n) is 4.33. The van der Waals surface area contributed by atoms with Gasteiger partial charge in [-0.25, -0.2) is 4.79 Å². The van der Waals surface area contributed by atoms with Gasteiger partial charge in [0.25, 0.3) is 5.56 Å². The summed E-state index contributed by atoms with van der Waals surface area (Å²) in [6.07, 6.45) is -3.20. The molecule has 0 aliphatic heterocycles. The standard InChI is InChI=1S/C14H10F3NO4/c15-14(16,17)10-5-3-9(4-6-10)8-22-18-7-1-2-11(12(18)19)13(20)21/h1-7H,8H2,(H,20,21). The molecule has 1 N–H and O–H groups in total. The van der Waals surface area contributed by atoms with Gasteiger partial charge in [0.2, 0.25) is 0 Å². The summed E-state index contributed by atoms with van der Waals surface area (Å²) >= 11 is 0. The molecule has 0 fully saturated rings. The number of nitrogens with zero attached hydrogens (tertiary/aromatic N) is 1. The zero-order chi connectivity index (χ0) is 16.3. The van der Waals surface area contributed by atoms with Crippen LogP contribution in [0, 0.1) is 0 Å². The van der Waals surface area contributed by atoms with Crippen molar-refractivity contribution in [2.75, 3.05) is 0 Å². The van der Waals surface area contributed by atoms with Gasteiger partial charge in [-0.15, -0.1) is 0 Å². The van der Waals surface area contributed by atoms with Gasteiger partial charge < -0.3 is 9.94 Å². The number of pyridine rings is 1. The minimum Gasteiger partial charge on any atom is -0.477 e. The van der Waals surface area contributed by atoms with E-state index >= 15 is 0 Å². The molecule has 1 heterocycles. The Balaban J connectivity index is 2.12. The molecule has 0 spiro atoms. The lowest BCUT2D eigenvalue weighted by atomic mass is 10.1. The monoisotopic (exact) mass is 313 g/mol. The molecule has 22 heavy (non-hydrogen) atoms. The number of carboxylic acids is 1. The van der Waals surface area contributed by atoms with Gasteiger partial charge in [-0.3, -0.25) is 4.79 Å². The molecular formula is C14H10F3NO4. The highest BCUT2D eigenvalue weighted by Crippen LogP contribution is 2.29. The molecule has 2 rings (SSSR count). The average Bonchev–Trinajstić information content (AvgIpc) is 2.45. The van der Waals surface area contributed by atoms with E-state index in [9.17, 15) is 22.8 Å². The van der Waals surface area contributed by atoms with Crippen LogP contribution in [0.3, 0.4) is 0 Å². The van der Waals surface area contributed by atoms with Gasteiger partial charge in [0.1, 0.15) is 12.2 Å². The van der Waals surface area contributed by atoms with Crippen LogP contribution in [0.15, 0.2) is 47.4 Å². The molecule has 0 aliphatic rings. The van der Waals surface area contributed by atoms with Crippen LogP contribution >= 0.6 is 0 Å². The van der Waals surface area contributed by atoms with Crippen LogP contribution in [0.25, 0.3) is 0 Å². The highest BCUT2D eigenvalue weighted by Gasteiger charge is 2.29. The SMILES string of the molecule is O=C(O)c1cccn(OCc2ccc(C(F)(F)F)cc2)c1=O. The van der Waals surface area contributed by atoms with Crippen LogP contribution in [0.5, 0.6) is 0 Å². The minimum atomic E-state index is -4.42. The predicted molar refractivity (Wildman–Crippen MR) is 69.4 cm³/mol. The molecule has 0 atom stereocenters. The van der Waals surface area contributed by atoms with Gasteiger partial charge in [0.05, 0.1) is 5.56 Å². The van der Waals surface area contributed by atoms with E-state index in [1.807, 2.05) is 0 Å². The van der Waals surface area contributed by atoms with Crippen LogP contribution in [-0.4, -0.2) is 15.8 Å². The first-order valence-electron chi connectivity index (χ1n) is 6.03. The molecule has 0 saturated heterocycles. The second kappa shape index (κ2) is 5.92. The van der Waals surface area contributed by atoms with Gasteiger partial charge >= 0.3 is 12.1 Å². The third kappa shape index (κ3) is 3.46. The van der Waals surface area contributed by atoms with Crippen LogP contribution in [0.4, 0.5) is 13.2 Å². The zero-order valence-electron chi connectivity index (χ0n) is 11.0. The van der Waals surface area contributed by atoms with Gasteiger partial charge in [0, 0.05) is 6.20 Å². The van der Waals surface area contributed by atoms with E-state index in [2.05, 4.69) is 0 Å². The first-order valence-corrected chi connectivity index (χ1v) is 6.03. The fraction of sp³-hybridized carbons (Fsp3) is 0.143. The second-order valence-corrected chi connectivity index (χ2v) is 4.33. The Kier molecular flexibility index (Phi) is 4.20. The third-order valence-electron chi connectivity index (χ3n) is 2.80. The van der Waals surface area contributed by atoms with Crippen molar-refractivity contribution >= 4 is 5.97 Å². The summed E-state index contributed by atoms with van der Waals surface area (Å²) in [5.41, 5.74) is -1.71. The van der Waals surface area contributed by atoms with Crippen molar-refractivity contribution in [3.8, 4) is 0 Å². The number of aromatic carboxylic acids is 1. The first-order chi connectivity index (χ1) is 10.3. The Labute approximate surface area is 122 Å². The van der Waals surface area contributed by atoms with Gasteiger partial charge in [0.15, 0.2) is 0 Å². The van der Waals surface area contributed by atoms with Crippen molar-refractivity contribution in [3.63, 3.8) is 0 Å². The summed E-state index contributed by atoms with van der Waals surface area (Å²) < 4.78 is 38.0. The first kappa shape index (κ1) is 15.6. The van der Waals surface area contributed by atoms with Gasteiger partial charge in [-0.1, -0.05) is 12.1 Å². The van der Waals surface area contributed by atoms with Crippen LogP contribution < -0.4 is 10.4 Å². The van der Waals surface area contributed by atoms with E-state index in [0.717, 1.165) is 22.9 Å². The molecule has 0 aliphatic carbocycles. The zero-order valence-corrected chi connectivity index (χ0v) is 11.0. The van der Waals surface area contributed by atoms with Crippen molar-refractivity contribution in [1.29, 1.82) is 0 Å². The van der Waals surface area contributed by atoms with E-state index in [4.69, 9.17) is 9.94 Å². The van der Waals surface area contributed by atoms with E-state index in [1.165, 1.54) is 24.4 Å². The third-order valence-corrected chi connectivity index (χ3v) is 2.80. The maximum Gasteiger partial charge on any atom is 0.416 e. The molecule has 0 saturated carbocycles. The molecule has 0 unspecified atom stereocenters. The molecule has 2 aromatic rings. The van der Waals surface area contributed by atoms with Crippen molar-refractivity contribution in [3.05, 3.63) is 69.6 Å². The fourth-order valence-corrected chi connectivity index (χ4v) is 1.67. The minimum absolute atomic E-state index is 0.179. The number of benzene rings is 1. The average molecular weight is 313 g/mol. The number of aromatic nitrogens is 1. The van der Waals surface area contributed by atoms with Crippen molar-refractivity contribution < 1.29 is 27.9 Å². The number of hydrogen-bond acceptors (Lipinski definition) is 3.